The monoisotopic (exact) mass is 418 g/mol. The van der Waals surface area contributed by atoms with Crippen molar-refractivity contribution in [1.29, 1.82) is 0 Å². The number of nitrogens with one attached hydrogen (secondary N) is 2. The van der Waals surface area contributed by atoms with Crippen LogP contribution in [0.25, 0.3) is 0 Å². The number of ether oxygens (including phenoxy) is 1. The highest BCUT2D eigenvalue weighted by Gasteiger charge is 2.17. The topological polar surface area (TPSA) is 84.5 Å². The van der Waals surface area contributed by atoms with Gasteiger partial charge in [-0.1, -0.05) is 58.0 Å². The molecule has 0 heterocycles. The lowest BCUT2D eigenvalue weighted by atomic mass is 9.87. The number of sulfonamides is 1. The van der Waals surface area contributed by atoms with Gasteiger partial charge < -0.3 is 10.1 Å². The lowest BCUT2D eigenvalue weighted by Crippen LogP contribution is -2.36. The molecule has 0 aromatic heterocycles. The van der Waals surface area contributed by atoms with Crippen LogP contribution in [0.1, 0.15) is 38.8 Å². The first kappa shape index (κ1) is 22.9. The molecule has 6 nitrogen and oxygen atoms in total. The van der Waals surface area contributed by atoms with Crippen LogP contribution in [0, 0.1) is 0 Å². The van der Waals surface area contributed by atoms with Crippen molar-refractivity contribution >= 4 is 15.9 Å². The minimum absolute atomic E-state index is 0.0419. The molecule has 29 heavy (non-hydrogen) atoms. The molecule has 0 fully saturated rings. The van der Waals surface area contributed by atoms with Gasteiger partial charge in [0.25, 0.3) is 5.91 Å². The predicted molar refractivity (Wildman–Crippen MR) is 115 cm³/mol. The number of hydrogen-bond donors (Lipinski definition) is 2. The lowest BCUT2D eigenvalue weighted by molar-refractivity contribution is -0.123. The van der Waals surface area contributed by atoms with Gasteiger partial charge in [0.15, 0.2) is 6.61 Å². The van der Waals surface area contributed by atoms with E-state index in [9.17, 15) is 13.2 Å². The molecular weight excluding hydrogens is 388 g/mol. The number of carbonyl (C=O) groups is 1. The van der Waals surface area contributed by atoms with Crippen molar-refractivity contribution in [3.05, 3.63) is 59.7 Å². The maximum atomic E-state index is 12.4. The highest BCUT2D eigenvalue weighted by Crippen LogP contribution is 2.23. The zero-order valence-corrected chi connectivity index (χ0v) is 18.3. The van der Waals surface area contributed by atoms with Gasteiger partial charge in [-0.25, -0.2) is 13.1 Å². The molecule has 7 heteroatoms. The quantitative estimate of drug-likeness (QED) is 0.613. The first-order valence-electron chi connectivity index (χ1n) is 9.71. The number of para-hydroxylation sites is 1. The minimum atomic E-state index is -3.62. The molecule has 2 N–H and O–H groups in total. The van der Waals surface area contributed by atoms with Crippen molar-refractivity contribution in [3.8, 4) is 5.75 Å². The molecule has 2 rings (SSSR count). The molecule has 0 saturated carbocycles. The van der Waals surface area contributed by atoms with Gasteiger partial charge >= 0.3 is 0 Å². The maximum Gasteiger partial charge on any atom is 0.257 e. The molecule has 0 radical (unpaired) electrons. The van der Waals surface area contributed by atoms with Crippen molar-refractivity contribution in [2.75, 3.05) is 19.7 Å². The Labute approximate surface area is 173 Å². The molecule has 1 amide bonds. The van der Waals surface area contributed by atoms with E-state index >= 15 is 0 Å². The fourth-order valence-corrected chi connectivity index (χ4v) is 3.77. The molecule has 2 aromatic carbocycles. The Balaban J connectivity index is 1.78. The third-order valence-corrected chi connectivity index (χ3v) is 5.96. The second-order valence-corrected chi connectivity index (χ2v) is 9.54. The third-order valence-electron chi connectivity index (χ3n) is 4.48. The van der Waals surface area contributed by atoms with E-state index in [2.05, 4.69) is 30.8 Å². The minimum Gasteiger partial charge on any atom is -0.483 e. The average Bonchev–Trinajstić information content (AvgIpc) is 2.69. The van der Waals surface area contributed by atoms with Crippen LogP contribution in [-0.4, -0.2) is 34.0 Å². The molecule has 0 aliphatic heterocycles. The molecule has 2 aromatic rings. The Bertz CT molecular complexity index is 917. The van der Waals surface area contributed by atoms with Crippen LogP contribution in [0.2, 0.25) is 0 Å². The first-order chi connectivity index (χ1) is 13.6. The predicted octanol–water partition coefficient (Wildman–Crippen LogP) is 3.02. The van der Waals surface area contributed by atoms with Crippen LogP contribution < -0.4 is 14.8 Å². The lowest BCUT2D eigenvalue weighted by Gasteiger charge is -2.19. The Morgan fingerprint density at radius 1 is 1.00 bits per heavy atom. The summed E-state index contributed by atoms with van der Waals surface area (Å²) in [5.41, 5.74) is 2.05. The fraction of sp³-hybridized carbons (Fsp3) is 0.409. The van der Waals surface area contributed by atoms with Crippen molar-refractivity contribution in [2.45, 2.75) is 44.4 Å². The number of aryl methyl sites for hydroxylation is 1. The summed E-state index contributed by atoms with van der Waals surface area (Å²) in [6.07, 6.45) is 0.816. The largest absolute Gasteiger partial charge is 0.483 e. The average molecular weight is 419 g/mol. The highest BCUT2D eigenvalue weighted by atomic mass is 32.2. The van der Waals surface area contributed by atoms with Crippen molar-refractivity contribution in [2.24, 2.45) is 0 Å². The van der Waals surface area contributed by atoms with Gasteiger partial charge in [0, 0.05) is 13.1 Å². The van der Waals surface area contributed by atoms with Gasteiger partial charge in [0.05, 0.1) is 4.90 Å². The summed E-state index contributed by atoms with van der Waals surface area (Å²) < 4.78 is 32.8. The number of amides is 1. The zero-order chi connectivity index (χ0) is 21.5. The van der Waals surface area contributed by atoms with Gasteiger partial charge in [-0.3, -0.25) is 4.79 Å². The Hall–Kier alpha value is -2.38. The number of carbonyl (C=O) groups excluding carboxylic acids is 1. The summed E-state index contributed by atoms with van der Waals surface area (Å²) in [6, 6.07) is 14.4. The van der Waals surface area contributed by atoms with E-state index in [0.29, 0.717) is 5.75 Å². The Kier molecular flexibility index (Phi) is 7.81. The standard InChI is InChI=1S/C22H30N2O4S/c1-5-17-8-6-7-9-20(17)28-16-21(25)23-14-15-24-29(26,27)19-12-10-18(11-13-19)22(2,3)4/h6-13,24H,5,14-16H2,1-4H3,(H,23,25). The van der Waals surface area contributed by atoms with Crippen LogP contribution in [0.5, 0.6) is 5.75 Å². The molecule has 0 unspecified atom stereocenters. The summed E-state index contributed by atoms with van der Waals surface area (Å²) in [5.74, 6) is 0.384. The summed E-state index contributed by atoms with van der Waals surface area (Å²) in [7, 11) is -3.62. The molecule has 0 bridgehead atoms. The van der Waals surface area contributed by atoms with Gasteiger partial charge in [-0.05, 0) is 41.2 Å². The van der Waals surface area contributed by atoms with Crippen LogP contribution in [0.15, 0.2) is 53.4 Å². The number of hydrogen-bond acceptors (Lipinski definition) is 4. The van der Waals surface area contributed by atoms with Crippen molar-refractivity contribution in [1.82, 2.24) is 10.0 Å². The molecule has 0 spiro atoms. The van der Waals surface area contributed by atoms with Gasteiger partial charge in [0.2, 0.25) is 10.0 Å². The van der Waals surface area contributed by atoms with Gasteiger partial charge in [-0.15, -0.1) is 0 Å². The van der Waals surface area contributed by atoms with Gasteiger partial charge in [0.1, 0.15) is 5.75 Å². The Morgan fingerprint density at radius 2 is 1.66 bits per heavy atom. The van der Waals surface area contributed by atoms with E-state index in [1.807, 2.05) is 43.3 Å². The smallest absolute Gasteiger partial charge is 0.257 e. The third kappa shape index (κ3) is 6.87. The van der Waals surface area contributed by atoms with E-state index in [1.54, 1.807) is 12.1 Å². The van der Waals surface area contributed by atoms with Crippen LogP contribution in [0.4, 0.5) is 0 Å². The van der Waals surface area contributed by atoms with Crippen molar-refractivity contribution < 1.29 is 17.9 Å². The Morgan fingerprint density at radius 3 is 2.28 bits per heavy atom. The SMILES string of the molecule is CCc1ccccc1OCC(=O)NCCNS(=O)(=O)c1ccc(C(C)(C)C)cc1. The van der Waals surface area contributed by atoms with E-state index < -0.39 is 10.0 Å². The van der Waals surface area contributed by atoms with Crippen molar-refractivity contribution in [3.63, 3.8) is 0 Å². The van der Waals surface area contributed by atoms with E-state index in [0.717, 1.165) is 17.5 Å². The molecule has 0 aliphatic carbocycles. The highest BCUT2D eigenvalue weighted by molar-refractivity contribution is 7.89. The second kappa shape index (κ2) is 9.89. The van der Waals surface area contributed by atoms with E-state index in [4.69, 9.17) is 4.74 Å². The number of benzene rings is 2. The summed E-state index contributed by atoms with van der Waals surface area (Å²) in [5, 5.41) is 2.65. The molecular formula is C22H30N2O4S. The first-order valence-corrected chi connectivity index (χ1v) is 11.2. The number of rotatable bonds is 9. The maximum absolute atomic E-state index is 12.4. The molecule has 158 valence electrons. The van der Waals surface area contributed by atoms with Gasteiger partial charge in [-0.2, -0.15) is 0 Å². The summed E-state index contributed by atoms with van der Waals surface area (Å²) in [6.45, 7) is 8.40. The molecule has 0 aliphatic rings. The zero-order valence-electron chi connectivity index (χ0n) is 17.5. The summed E-state index contributed by atoms with van der Waals surface area (Å²) in [4.78, 5) is 12.1. The van der Waals surface area contributed by atoms with Crippen LogP contribution in [0.3, 0.4) is 0 Å². The van der Waals surface area contributed by atoms with E-state index in [-0.39, 0.29) is 35.9 Å². The second-order valence-electron chi connectivity index (χ2n) is 7.77. The van der Waals surface area contributed by atoms with Crippen LogP contribution >= 0.6 is 0 Å². The van der Waals surface area contributed by atoms with Crippen LogP contribution in [-0.2, 0) is 26.7 Å². The van der Waals surface area contributed by atoms with E-state index in [1.165, 1.54) is 0 Å². The summed E-state index contributed by atoms with van der Waals surface area (Å²) >= 11 is 0. The fourth-order valence-electron chi connectivity index (χ4n) is 2.74. The molecule has 0 saturated heterocycles. The molecule has 0 atom stereocenters. The normalized spacial score (nSPS) is 11.9.